The Labute approximate surface area is 189 Å². The van der Waals surface area contributed by atoms with Crippen molar-refractivity contribution in [3.8, 4) is 0 Å². The quantitative estimate of drug-likeness (QED) is 0.346. The zero-order chi connectivity index (χ0) is 23.2. The summed E-state index contributed by atoms with van der Waals surface area (Å²) in [5.41, 5.74) is 0.756. The molecule has 0 aliphatic carbocycles. The van der Waals surface area contributed by atoms with Crippen molar-refractivity contribution in [2.75, 3.05) is 6.54 Å². The summed E-state index contributed by atoms with van der Waals surface area (Å²) in [5.74, 6) is -0.527. The second kappa shape index (κ2) is 10.4. The Morgan fingerprint density at radius 2 is 1.62 bits per heavy atom. The number of hydrogen-bond donors (Lipinski definition) is 2. The predicted octanol–water partition coefficient (Wildman–Crippen LogP) is 4.51. The van der Waals surface area contributed by atoms with E-state index in [4.69, 9.17) is 4.18 Å². The average Bonchev–Trinajstić information content (AvgIpc) is 2.77. The van der Waals surface area contributed by atoms with E-state index in [-0.39, 0.29) is 17.0 Å². The maximum absolute atomic E-state index is 14.0. The first kappa shape index (κ1) is 24.1. The van der Waals surface area contributed by atoms with E-state index in [2.05, 4.69) is 5.32 Å². The summed E-state index contributed by atoms with van der Waals surface area (Å²) in [6.07, 6.45) is -0.312. The maximum atomic E-state index is 14.0. The molecular formula is C25H28FNO4S. The molecule has 170 valence electrons. The first-order valence-electron chi connectivity index (χ1n) is 10.4. The summed E-state index contributed by atoms with van der Waals surface area (Å²) < 4.78 is 45.6. The largest absolute Gasteiger partial charge is 0.387 e. The molecule has 2 N–H and O–H groups in total. The van der Waals surface area contributed by atoms with Crippen LogP contribution in [0.25, 0.3) is 0 Å². The summed E-state index contributed by atoms with van der Waals surface area (Å²) in [6.45, 7) is 3.40. The lowest BCUT2D eigenvalue weighted by molar-refractivity contribution is 0.0331. The number of aryl methyl sites for hydroxylation is 2. The third-order valence-electron chi connectivity index (χ3n) is 5.27. The molecule has 0 spiro atoms. The Morgan fingerprint density at radius 3 is 2.28 bits per heavy atom. The number of aliphatic hydroxyl groups excluding tert-OH is 1. The van der Waals surface area contributed by atoms with Gasteiger partial charge in [0.15, 0.2) is 0 Å². The molecule has 1 unspecified atom stereocenters. The van der Waals surface area contributed by atoms with Crippen molar-refractivity contribution in [2.24, 2.45) is 0 Å². The average molecular weight is 458 g/mol. The van der Waals surface area contributed by atoms with Gasteiger partial charge in [-0.3, -0.25) is 5.32 Å². The van der Waals surface area contributed by atoms with Gasteiger partial charge in [0, 0.05) is 12.1 Å². The van der Waals surface area contributed by atoms with E-state index in [9.17, 15) is 17.9 Å². The van der Waals surface area contributed by atoms with Crippen LogP contribution < -0.4 is 5.32 Å². The second-order valence-electron chi connectivity index (χ2n) is 7.99. The monoisotopic (exact) mass is 457 g/mol. The van der Waals surface area contributed by atoms with Gasteiger partial charge in [-0.15, -0.1) is 0 Å². The first-order chi connectivity index (χ1) is 15.2. The minimum atomic E-state index is -4.08. The smallest absolute Gasteiger partial charge is 0.298 e. The first-order valence-corrected chi connectivity index (χ1v) is 11.8. The van der Waals surface area contributed by atoms with E-state index in [0.29, 0.717) is 12.8 Å². The lowest BCUT2D eigenvalue weighted by atomic mass is 10.0. The minimum Gasteiger partial charge on any atom is -0.387 e. The van der Waals surface area contributed by atoms with Gasteiger partial charge in [-0.1, -0.05) is 66.2 Å². The van der Waals surface area contributed by atoms with E-state index in [1.165, 1.54) is 24.3 Å². The summed E-state index contributed by atoms with van der Waals surface area (Å²) in [5, 5.41) is 13.5. The van der Waals surface area contributed by atoms with Gasteiger partial charge in [0.05, 0.1) is 11.0 Å². The fourth-order valence-electron chi connectivity index (χ4n) is 3.35. The van der Waals surface area contributed by atoms with Crippen LogP contribution in [0.4, 0.5) is 4.39 Å². The lowest BCUT2D eigenvalue weighted by Gasteiger charge is -2.31. The number of aliphatic hydroxyl groups is 1. The minimum absolute atomic E-state index is 0.0467. The van der Waals surface area contributed by atoms with Crippen LogP contribution in [0.2, 0.25) is 0 Å². The van der Waals surface area contributed by atoms with Crippen molar-refractivity contribution in [3.05, 3.63) is 101 Å². The molecule has 0 heterocycles. The molecule has 2 atom stereocenters. The van der Waals surface area contributed by atoms with Crippen molar-refractivity contribution in [2.45, 2.75) is 43.4 Å². The predicted molar refractivity (Wildman–Crippen MR) is 122 cm³/mol. The van der Waals surface area contributed by atoms with Crippen molar-refractivity contribution in [3.63, 3.8) is 0 Å². The van der Waals surface area contributed by atoms with Gasteiger partial charge in [0.25, 0.3) is 10.1 Å². The molecule has 0 amide bonds. The van der Waals surface area contributed by atoms with Crippen LogP contribution in [0.3, 0.4) is 0 Å². The van der Waals surface area contributed by atoms with Crippen LogP contribution in [-0.4, -0.2) is 25.8 Å². The summed E-state index contributed by atoms with van der Waals surface area (Å²) >= 11 is 0. The molecule has 0 aliphatic heterocycles. The molecule has 0 bridgehead atoms. The van der Waals surface area contributed by atoms with E-state index >= 15 is 0 Å². The molecular weight excluding hydrogens is 429 g/mol. The van der Waals surface area contributed by atoms with Crippen molar-refractivity contribution >= 4 is 10.1 Å². The van der Waals surface area contributed by atoms with E-state index in [0.717, 1.165) is 11.1 Å². The van der Waals surface area contributed by atoms with Gasteiger partial charge >= 0.3 is 0 Å². The highest BCUT2D eigenvalue weighted by Crippen LogP contribution is 2.25. The Morgan fingerprint density at radius 1 is 1.00 bits per heavy atom. The number of benzene rings is 3. The van der Waals surface area contributed by atoms with Gasteiger partial charge in [-0.05, 0) is 50.5 Å². The SMILES string of the molecule is Cc1ccc(S(=O)(=O)O[C@](C)(CCc2ccccc2)NCC(O)c2ccccc2F)cc1. The molecule has 0 saturated heterocycles. The molecule has 0 saturated carbocycles. The Bertz CT molecular complexity index is 1120. The highest BCUT2D eigenvalue weighted by molar-refractivity contribution is 7.86. The highest BCUT2D eigenvalue weighted by Gasteiger charge is 2.33. The molecule has 32 heavy (non-hydrogen) atoms. The van der Waals surface area contributed by atoms with E-state index in [1.54, 1.807) is 31.2 Å². The van der Waals surface area contributed by atoms with Crippen LogP contribution in [-0.2, 0) is 20.7 Å². The van der Waals surface area contributed by atoms with Gasteiger partial charge in [0.2, 0.25) is 0 Å². The lowest BCUT2D eigenvalue weighted by Crippen LogP contribution is -2.48. The van der Waals surface area contributed by atoms with Crippen molar-refractivity contribution in [1.29, 1.82) is 0 Å². The number of halogens is 1. The van der Waals surface area contributed by atoms with E-state index in [1.807, 2.05) is 37.3 Å². The van der Waals surface area contributed by atoms with Crippen LogP contribution >= 0.6 is 0 Å². The molecule has 0 fully saturated rings. The third kappa shape index (κ3) is 6.46. The van der Waals surface area contributed by atoms with Gasteiger partial charge in [-0.2, -0.15) is 8.42 Å². The molecule has 0 aromatic heterocycles. The van der Waals surface area contributed by atoms with Crippen LogP contribution in [0, 0.1) is 12.7 Å². The normalized spacial score (nSPS) is 14.6. The van der Waals surface area contributed by atoms with Crippen LogP contribution in [0.15, 0.2) is 83.8 Å². The summed E-state index contributed by atoms with van der Waals surface area (Å²) in [7, 11) is -4.08. The zero-order valence-electron chi connectivity index (χ0n) is 18.2. The fourth-order valence-corrected chi connectivity index (χ4v) is 4.54. The van der Waals surface area contributed by atoms with Crippen LogP contribution in [0.1, 0.15) is 36.1 Å². The Kier molecular flexibility index (Phi) is 7.79. The van der Waals surface area contributed by atoms with Crippen molar-refractivity contribution in [1.82, 2.24) is 5.32 Å². The van der Waals surface area contributed by atoms with Crippen LogP contribution in [0.5, 0.6) is 0 Å². The van der Waals surface area contributed by atoms with Gasteiger partial charge in [0.1, 0.15) is 11.5 Å². The van der Waals surface area contributed by atoms with Gasteiger partial charge in [-0.25, -0.2) is 8.57 Å². The third-order valence-corrected chi connectivity index (χ3v) is 6.71. The topological polar surface area (TPSA) is 75.6 Å². The molecule has 3 aromatic carbocycles. The summed E-state index contributed by atoms with van der Waals surface area (Å²) in [6, 6.07) is 22.0. The Hall–Kier alpha value is -2.58. The Balaban J connectivity index is 1.79. The molecule has 3 aromatic rings. The molecule has 7 heteroatoms. The number of rotatable bonds is 10. The second-order valence-corrected chi connectivity index (χ2v) is 9.53. The molecule has 0 aliphatic rings. The standard InChI is InChI=1S/C25H28FNO4S/c1-19-12-14-21(15-13-19)32(29,30)31-25(2,17-16-20-8-4-3-5-9-20)27-18-24(28)22-10-6-7-11-23(22)26/h3-15,24,27-28H,16-18H2,1-2H3/t24?,25-/m1/s1. The fraction of sp³-hybridized carbons (Fsp3) is 0.280. The highest BCUT2D eigenvalue weighted by atomic mass is 32.2. The summed E-state index contributed by atoms with van der Waals surface area (Å²) in [4.78, 5) is 0.0467. The van der Waals surface area contributed by atoms with E-state index < -0.39 is 27.8 Å². The zero-order valence-corrected chi connectivity index (χ0v) is 19.0. The number of hydrogen-bond acceptors (Lipinski definition) is 5. The van der Waals surface area contributed by atoms with Gasteiger partial charge < -0.3 is 5.11 Å². The van der Waals surface area contributed by atoms with Crippen molar-refractivity contribution < 1.29 is 22.1 Å². The molecule has 3 rings (SSSR count). The number of nitrogens with one attached hydrogen (secondary N) is 1. The molecule has 5 nitrogen and oxygen atoms in total. The molecule has 0 radical (unpaired) electrons. The maximum Gasteiger partial charge on any atom is 0.298 e.